The molecule has 0 aliphatic heterocycles. The van der Waals surface area contributed by atoms with E-state index < -0.39 is 0 Å². The Bertz CT molecular complexity index is 311. The maximum Gasteiger partial charge on any atom is 0.146 e. The van der Waals surface area contributed by atoms with E-state index in [1.807, 2.05) is 7.05 Å². The molecule has 0 aromatic carbocycles. The van der Waals surface area contributed by atoms with Crippen molar-refractivity contribution in [3.63, 3.8) is 0 Å². The topological polar surface area (TPSA) is 49.8 Å². The van der Waals surface area contributed by atoms with Crippen molar-refractivity contribution in [2.45, 2.75) is 18.9 Å². The molecule has 0 radical (unpaired) electrons. The van der Waals surface area contributed by atoms with Gasteiger partial charge in [0.25, 0.3) is 0 Å². The monoisotopic (exact) mass is 242 g/mol. The van der Waals surface area contributed by atoms with Gasteiger partial charge >= 0.3 is 0 Å². The lowest BCUT2D eigenvalue weighted by molar-refractivity contribution is 1.07. The maximum atomic E-state index is 4.16. The van der Waals surface area contributed by atoms with Gasteiger partial charge in [-0.05, 0) is 28.8 Å². The smallest absolute Gasteiger partial charge is 0.146 e. The number of nitrogens with zero attached hydrogens (tertiary/aromatic N) is 2. The van der Waals surface area contributed by atoms with Crippen LogP contribution in [0.4, 0.5) is 11.6 Å². The molecule has 70 valence electrons. The molecule has 0 atom stereocenters. The van der Waals surface area contributed by atoms with Crippen molar-refractivity contribution < 1.29 is 0 Å². The molecule has 0 saturated heterocycles. The first-order valence-electron chi connectivity index (χ1n) is 4.26. The fourth-order valence-corrected chi connectivity index (χ4v) is 1.58. The average molecular weight is 243 g/mol. The quantitative estimate of drug-likeness (QED) is 0.850. The summed E-state index contributed by atoms with van der Waals surface area (Å²) in [5.74, 6) is 1.69. The Kier molecular flexibility index (Phi) is 2.35. The minimum Gasteiger partial charge on any atom is -0.372 e. The lowest BCUT2D eigenvalue weighted by Crippen LogP contribution is -2.06. The van der Waals surface area contributed by atoms with Crippen molar-refractivity contribution >= 4 is 27.6 Å². The third-order valence-electron chi connectivity index (χ3n) is 1.94. The van der Waals surface area contributed by atoms with E-state index in [1.165, 1.54) is 12.8 Å². The first-order valence-corrected chi connectivity index (χ1v) is 5.05. The second-order valence-corrected chi connectivity index (χ2v) is 3.85. The molecule has 13 heavy (non-hydrogen) atoms. The van der Waals surface area contributed by atoms with Crippen molar-refractivity contribution in [2.75, 3.05) is 17.7 Å². The Balaban J connectivity index is 2.22. The highest BCUT2D eigenvalue weighted by molar-refractivity contribution is 9.10. The number of nitrogens with one attached hydrogen (secondary N) is 2. The summed E-state index contributed by atoms with van der Waals surface area (Å²) in [4.78, 5) is 8.23. The number of rotatable bonds is 3. The second-order valence-electron chi connectivity index (χ2n) is 3.05. The van der Waals surface area contributed by atoms with E-state index in [2.05, 4.69) is 36.5 Å². The Morgan fingerprint density at radius 3 is 2.69 bits per heavy atom. The van der Waals surface area contributed by atoms with E-state index in [4.69, 9.17) is 0 Å². The number of aromatic nitrogens is 2. The van der Waals surface area contributed by atoms with Gasteiger partial charge in [-0.1, -0.05) is 0 Å². The predicted octanol–water partition coefficient (Wildman–Crippen LogP) is 1.86. The molecule has 2 N–H and O–H groups in total. The molecule has 0 amide bonds. The molecule has 0 unspecified atom stereocenters. The van der Waals surface area contributed by atoms with E-state index in [1.54, 1.807) is 6.33 Å². The van der Waals surface area contributed by atoms with Gasteiger partial charge in [0, 0.05) is 13.1 Å². The van der Waals surface area contributed by atoms with Gasteiger partial charge in [-0.3, -0.25) is 0 Å². The fourth-order valence-electron chi connectivity index (χ4n) is 1.07. The van der Waals surface area contributed by atoms with Crippen molar-refractivity contribution in [1.82, 2.24) is 9.97 Å². The van der Waals surface area contributed by atoms with Crippen LogP contribution < -0.4 is 10.6 Å². The summed E-state index contributed by atoms with van der Waals surface area (Å²) in [7, 11) is 1.84. The first kappa shape index (κ1) is 8.74. The normalized spacial score (nSPS) is 15.5. The largest absolute Gasteiger partial charge is 0.372 e. The van der Waals surface area contributed by atoms with Gasteiger partial charge < -0.3 is 10.6 Å². The summed E-state index contributed by atoms with van der Waals surface area (Å²) in [6.45, 7) is 0. The SMILES string of the molecule is CNc1ncnc(NC2CC2)c1Br. The van der Waals surface area contributed by atoms with Gasteiger partial charge in [0.05, 0.1) is 0 Å². The van der Waals surface area contributed by atoms with Crippen LogP contribution in [0.15, 0.2) is 10.8 Å². The van der Waals surface area contributed by atoms with Crippen molar-refractivity contribution in [2.24, 2.45) is 0 Å². The van der Waals surface area contributed by atoms with Crippen LogP contribution in [0.25, 0.3) is 0 Å². The number of anilines is 2. The molecule has 1 aliphatic rings. The van der Waals surface area contributed by atoms with Crippen molar-refractivity contribution in [1.29, 1.82) is 0 Å². The predicted molar refractivity (Wildman–Crippen MR) is 55.9 cm³/mol. The van der Waals surface area contributed by atoms with Gasteiger partial charge in [-0.25, -0.2) is 9.97 Å². The van der Waals surface area contributed by atoms with Crippen molar-refractivity contribution in [3.05, 3.63) is 10.8 Å². The van der Waals surface area contributed by atoms with Crippen LogP contribution in [0.3, 0.4) is 0 Å². The standard InChI is InChI=1S/C8H11BrN4/c1-10-7-6(9)8(12-4-11-7)13-5-2-3-5/h4-5H,2-3H2,1H3,(H2,10,11,12,13). The van der Waals surface area contributed by atoms with Gasteiger partial charge in [-0.15, -0.1) is 0 Å². The Morgan fingerprint density at radius 1 is 1.38 bits per heavy atom. The van der Waals surface area contributed by atoms with Crippen LogP contribution in [0, 0.1) is 0 Å². The zero-order valence-electron chi connectivity index (χ0n) is 7.34. The molecule has 1 aromatic heterocycles. The first-order chi connectivity index (χ1) is 6.31. The van der Waals surface area contributed by atoms with E-state index in [9.17, 15) is 0 Å². The van der Waals surface area contributed by atoms with Crippen LogP contribution in [0.1, 0.15) is 12.8 Å². The molecule has 5 heteroatoms. The molecular weight excluding hydrogens is 232 g/mol. The van der Waals surface area contributed by atoms with E-state index in [0.717, 1.165) is 16.1 Å². The van der Waals surface area contributed by atoms with E-state index in [0.29, 0.717) is 6.04 Å². The average Bonchev–Trinajstić information content (AvgIpc) is 2.92. The third-order valence-corrected chi connectivity index (χ3v) is 2.70. The summed E-state index contributed by atoms with van der Waals surface area (Å²) in [5, 5.41) is 6.31. The van der Waals surface area contributed by atoms with Gasteiger partial charge in [0.15, 0.2) is 0 Å². The highest BCUT2D eigenvalue weighted by atomic mass is 79.9. The zero-order valence-corrected chi connectivity index (χ0v) is 8.93. The molecule has 4 nitrogen and oxygen atoms in total. The van der Waals surface area contributed by atoms with Crippen LogP contribution in [0.2, 0.25) is 0 Å². The van der Waals surface area contributed by atoms with Crippen LogP contribution in [0.5, 0.6) is 0 Å². The van der Waals surface area contributed by atoms with E-state index in [-0.39, 0.29) is 0 Å². The number of hydrogen-bond donors (Lipinski definition) is 2. The highest BCUT2D eigenvalue weighted by Crippen LogP contribution is 2.30. The maximum absolute atomic E-state index is 4.16. The zero-order chi connectivity index (χ0) is 9.26. The lowest BCUT2D eigenvalue weighted by atomic mass is 10.5. The summed E-state index contributed by atoms with van der Waals surface area (Å²) in [6, 6.07) is 0.607. The Hall–Kier alpha value is -0.840. The second kappa shape index (κ2) is 3.49. The van der Waals surface area contributed by atoms with Crippen molar-refractivity contribution in [3.8, 4) is 0 Å². The van der Waals surface area contributed by atoms with Crippen LogP contribution in [-0.4, -0.2) is 23.1 Å². The molecule has 1 fully saturated rings. The minimum absolute atomic E-state index is 0.607. The third kappa shape index (κ3) is 1.91. The summed E-state index contributed by atoms with van der Waals surface area (Å²) >= 11 is 3.45. The molecule has 1 saturated carbocycles. The van der Waals surface area contributed by atoms with E-state index >= 15 is 0 Å². The number of hydrogen-bond acceptors (Lipinski definition) is 4. The Morgan fingerprint density at radius 2 is 2.08 bits per heavy atom. The minimum atomic E-state index is 0.607. The van der Waals surface area contributed by atoms with Gasteiger partial charge in [0.1, 0.15) is 22.4 Å². The summed E-state index contributed by atoms with van der Waals surface area (Å²) in [6.07, 6.45) is 4.04. The lowest BCUT2D eigenvalue weighted by Gasteiger charge is -2.08. The van der Waals surface area contributed by atoms with Crippen LogP contribution >= 0.6 is 15.9 Å². The molecule has 2 rings (SSSR count). The van der Waals surface area contributed by atoms with Gasteiger partial charge in [-0.2, -0.15) is 0 Å². The molecule has 0 spiro atoms. The van der Waals surface area contributed by atoms with Crippen LogP contribution in [-0.2, 0) is 0 Å². The molecule has 1 heterocycles. The Labute approximate surface area is 85.3 Å². The molecule has 0 bridgehead atoms. The number of halogens is 1. The molecule has 1 aliphatic carbocycles. The fraction of sp³-hybridized carbons (Fsp3) is 0.500. The van der Waals surface area contributed by atoms with Gasteiger partial charge in [0.2, 0.25) is 0 Å². The summed E-state index contributed by atoms with van der Waals surface area (Å²) < 4.78 is 0.907. The molecule has 1 aromatic rings. The highest BCUT2D eigenvalue weighted by Gasteiger charge is 2.22. The summed E-state index contributed by atoms with van der Waals surface area (Å²) in [5.41, 5.74) is 0. The molecular formula is C8H11BrN4.